The molecule has 2 amide bonds. The van der Waals surface area contributed by atoms with Crippen LogP contribution in [0.2, 0.25) is 0 Å². The number of fused-ring (bicyclic) bond motifs is 4. The molecule has 2 saturated heterocycles. The van der Waals surface area contributed by atoms with Crippen molar-refractivity contribution in [1.82, 2.24) is 10.2 Å². The van der Waals surface area contributed by atoms with Gasteiger partial charge in [0.15, 0.2) is 0 Å². The molecule has 2 N–H and O–H groups in total. The molecular formula is C22H22FN3O2. The lowest BCUT2D eigenvalue weighted by atomic mass is 9.78. The highest BCUT2D eigenvalue weighted by Gasteiger charge is 2.65. The summed E-state index contributed by atoms with van der Waals surface area (Å²) in [6, 6.07) is 14.1. The van der Waals surface area contributed by atoms with Gasteiger partial charge < -0.3 is 10.6 Å². The molecule has 5 nitrogen and oxygen atoms in total. The van der Waals surface area contributed by atoms with E-state index in [1.54, 1.807) is 12.1 Å². The van der Waals surface area contributed by atoms with Crippen LogP contribution in [-0.4, -0.2) is 29.3 Å². The predicted molar refractivity (Wildman–Crippen MR) is 103 cm³/mol. The second-order valence-electron chi connectivity index (χ2n) is 7.89. The Morgan fingerprint density at radius 2 is 2.11 bits per heavy atom. The van der Waals surface area contributed by atoms with E-state index in [1.165, 1.54) is 12.1 Å². The summed E-state index contributed by atoms with van der Waals surface area (Å²) in [5.41, 5.74) is 1.46. The van der Waals surface area contributed by atoms with Gasteiger partial charge in [-0.1, -0.05) is 30.3 Å². The van der Waals surface area contributed by atoms with Gasteiger partial charge in [0.05, 0.1) is 5.92 Å². The summed E-state index contributed by atoms with van der Waals surface area (Å²) in [7, 11) is 0. The fourth-order valence-corrected chi connectivity index (χ4v) is 5.34. The van der Waals surface area contributed by atoms with Crippen LogP contribution >= 0.6 is 0 Å². The smallest absolute Gasteiger partial charge is 0.250 e. The first-order valence-electron chi connectivity index (χ1n) is 9.80. The van der Waals surface area contributed by atoms with E-state index >= 15 is 0 Å². The molecule has 3 aliphatic heterocycles. The number of hydrogen-bond acceptors (Lipinski definition) is 3. The molecule has 3 aliphatic rings. The Labute approximate surface area is 162 Å². The van der Waals surface area contributed by atoms with Crippen LogP contribution in [0.4, 0.5) is 10.1 Å². The second kappa shape index (κ2) is 6.41. The normalized spacial score (nSPS) is 28.2. The van der Waals surface area contributed by atoms with Gasteiger partial charge in [-0.25, -0.2) is 4.39 Å². The lowest BCUT2D eigenvalue weighted by molar-refractivity contribution is -0.137. The molecule has 0 radical (unpaired) electrons. The van der Waals surface area contributed by atoms with Crippen molar-refractivity contribution in [3.05, 3.63) is 65.5 Å². The molecule has 5 rings (SSSR count). The summed E-state index contributed by atoms with van der Waals surface area (Å²) in [5, 5.41) is 5.95. The standard InChI is InChI=1S/C22H22FN3O2/c23-15-6-3-5-14(11-15)13-24-20(27)18-12-16-7-4-10-26(16)22(18)17-8-1-2-9-19(17)25-21(22)28/h1-3,5-6,8-9,11,16,18H,4,7,10,12-13H2,(H,24,27)(H,25,28). The highest BCUT2D eigenvalue weighted by Crippen LogP contribution is 2.55. The van der Waals surface area contributed by atoms with E-state index in [1.807, 2.05) is 24.3 Å². The maximum Gasteiger partial charge on any atom is 0.250 e. The number of carbonyl (C=O) groups excluding carboxylic acids is 2. The van der Waals surface area contributed by atoms with Crippen LogP contribution in [0.3, 0.4) is 0 Å². The first kappa shape index (κ1) is 17.4. The third-order valence-corrected chi connectivity index (χ3v) is 6.45. The third-order valence-electron chi connectivity index (χ3n) is 6.45. The number of nitrogens with zero attached hydrogens (tertiary/aromatic N) is 1. The average molecular weight is 379 g/mol. The Hall–Kier alpha value is -2.73. The Morgan fingerprint density at radius 1 is 1.25 bits per heavy atom. The molecule has 28 heavy (non-hydrogen) atoms. The number of benzene rings is 2. The topological polar surface area (TPSA) is 61.4 Å². The van der Waals surface area contributed by atoms with Crippen LogP contribution in [-0.2, 0) is 21.7 Å². The van der Waals surface area contributed by atoms with Crippen molar-refractivity contribution in [1.29, 1.82) is 0 Å². The van der Waals surface area contributed by atoms with E-state index in [0.29, 0.717) is 12.0 Å². The minimum Gasteiger partial charge on any atom is -0.352 e. The number of halogens is 1. The van der Waals surface area contributed by atoms with Crippen molar-refractivity contribution in [2.45, 2.75) is 37.4 Å². The quantitative estimate of drug-likeness (QED) is 0.862. The van der Waals surface area contributed by atoms with Gasteiger partial charge in [0.25, 0.3) is 0 Å². The summed E-state index contributed by atoms with van der Waals surface area (Å²) in [6.07, 6.45) is 2.71. The minimum atomic E-state index is -0.941. The zero-order valence-electron chi connectivity index (χ0n) is 15.5. The summed E-state index contributed by atoms with van der Waals surface area (Å²) in [4.78, 5) is 28.7. The van der Waals surface area contributed by atoms with Crippen molar-refractivity contribution >= 4 is 17.5 Å². The molecule has 2 fully saturated rings. The molecule has 2 aromatic carbocycles. The highest BCUT2D eigenvalue weighted by atomic mass is 19.1. The van der Waals surface area contributed by atoms with Gasteiger partial charge in [-0.05, 0) is 49.6 Å². The maximum absolute atomic E-state index is 13.4. The molecule has 144 valence electrons. The molecule has 0 aromatic heterocycles. The number of amides is 2. The number of hydrogen-bond donors (Lipinski definition) is 2. The zero-order valence-corrected chi connectivity index (χ0v) is 15.5. The molecule has 0 saturated carbocycles. The Bertz CT molecular complexity index is 962. The molecule has 3 atom stereocenters. The average Bonchev–Trinajstić information content (AvgIpc) is 3.34. The number of para-hydroxylation sites is 1. The number of carbonyl (C=O) groups is 2. The summed E-state index contributed by atoms with van der Waals surface area (Å²) in [5.74, 6) is -1.04. The van der Waals surface area contributed by atoms with E-state index in [0.717, 1.165) is 30.6 Å². The molecular weight excluding hydrogens is 357 g/mol. The van der Waals surface area contributed by atoms with Gasteiger partial charge in [0.2, 0.25) is 11.8 Å². The van der Waals surface area contributed by atoms with Gasteiger partial charge in [-0.3, -0.25) is 14.5 Å². The van der Waals surface area contributed by atoms with Gasteiger partial charge in [0.1, 0.15) is 11.4 Å². The van der Waals surface area contributed by atoms with E-state index in [9.17, 15) is 14.0 Å². The van der Waals surface area contributed by atoms with Crippen LogP contribution in [0.15, 0.2) is 48.5 Å². The van der Waals surface area contributed by atoms with Crippen LogP contribution < -0.4 is 10.6 Å². The van der Waals surface area contributed by atoms with Gasteiger partial charge in [-0.2, -0.15) is 0 Å². The van der Waals surface area contributed by atoms with Crippen LogP contribution in [0, 0.1) is 11.7 Å². The van der Waals surface area contributed by atoms with E-state index in [2.05, 4.69) is 15.5 Å². The lowest BCUT2D eigenvalue weighted by Crippen LogP contribution is -2.54. The largest absolute Gasteiger partial charge is 0.352 e. The van der Waals surface area contributed by atoms with E-state index < -0.39 is 11.5 Å². The maximum atomic E-state index is 13.4. The van der Waals surface area contributed by atoms with Gasteiger partial charge >= 0.3 is 0 Å². The fourth-order valence-electron chi connectivity index (χ4n) is 5.34. The summed E-state index contributed by atoms with van der Waals surface area (Å²) >= 11 is 0. The number of nitrogens with one attached hydrogen (secondary N) is 2. The third kappa shape index (κ3) is 2.41. The Kier molecular flexibility index (Phi) is 3.98. The highest BCUT2D eigenvalue weighted by molar-refractivity contribution is 6.09. The van der Waals surface area contributed by atoms with E-state index in [4.69, 9.17) is 0 Å². The predicted octanol–water partition coefficient (Wildman–Crippen LogP) is 2.77. The van der Waals surface area contributed by atoms with Crippen LogP contribution in [0.1, 0.15) is 30.4 Å². The molecule has 0 bridgehead atoms. The van der Waals surface area contributed by atoms with Gasteiger partial charge in [-0.15, -0.1) is 0 Å². The van der Waals surface area contributed by atoms with Crippen molar-refractivity contribution in [3.8, 4) is 0 Å². The molecule has 3 heterocycles. The monoisotopic (exact) mass is 379 g/mol. The molecule has 3 unspecified atom stereocenters. The number of anilines is 1. The molecule has 2 aromatic rings. The molecule has 0 aliphatic carbocycles. The second-order valence-corrected chi connectivity index (χ2v) is 7.89. The fraction of sp³-hybridized carbons (Fsp3) is 0.364. The minimum absolute atomic E-state index is 0.107. The molecule has 6 heteroatoms. The Morgan fingerprint density at radius 3 is 2.96 bits per heavy atom. The van der Waals surface area contributed by atoms with Crippen LogP contribution in [0.25, 0.3) is 0 Å². The SMILES string of the molecule is O=C(NCc1cccc(F)c1)C1CC2CCCN2C12C(=O)Nc1ccccc12. The Balaban J connectivity index is 1.48. The first-order valence-corrected chi connectivity index (χ1v) is 9.80. The van der Waals surface area contributed by atoms with Crippen molar-refractivity contribution in [2.24, 2.45) is 5.92 Å². The van der Waals surface area contributed by atoms with Gasteiger partial charge in [0, 0.05) is 23.8 Å². The van der Waals surface area contributed by atoms with Crippen LogP contribution in [0.5, 0.6) is 0 Å². The number of rotatable bonds is 3. The van der Waals surface area contributed by atoms with E-state index in [-0.39, 0.29) is 30.2 Å². The molecule has 1 spiro atoms. The first-order chi connectivity index (χ1) is 13.6. The summed E-state index contributed by atoms with van der Waals surface area (Å²) in [6.45, 7) is 1.07. The van der Waals surface area contributed by atoms with Crippen molar-refractivity contribution < 1.29 is 14.0 Å². The summed E-state index contributed by atoms with van der Waals surface area (Å²) < 4.78 is 13.4. The lowest BCUT2D eigenvalue weighted by Gasteiger charge is -2.36. The zero-order chi connectivity index (χ0) is 19.3. The van der Waals surface area contributed by atoms with Crippen molar-refractivity contribution in [3.63, 3.8) is 0 Å². The van der Waals surface area contributed by atoms with Crippen molar-refractivity contribution in [2.75, 3.05) is 11.9 Å².